The number of amides is 1. The Labute approximate surface area is 144 Å². The summed E-state index contributed by atoms with van der Waals surface area (Å²) in [6.45, 7) is 6.74. The van der Waals surface area contributed by atoms with Crippen LogP contribution < -0.4 is 10.1 Å². The maximum Gasteiger partial charge on any atom is 0.251 e. The van der Waals surface area contributed by atoms with Gasteiger partial charge in [-0.15, -0.1) is 0 Å². The van der Waals surface area contributed by atoms with Crippen molar-refractivity contribution in [2.75, 3.05) is 26.7 Å². The second kappa shape index (κ2) is 9.08. The summed E-state index contributed by atoms with van der Waals surface area (Å²) in [4.78, 5) is 14.8. The number of ether oxygens (including phenoxy) is 1. The van der Waals surface area contributed by atoms with Crippen LogP contribution in [0.25, 0.3) is 0 Å². The van der Waals surface area contributed by atoms with Crippen LogP contribution in [0.3, 0.4) is 0 Å². The molecule has 2 rings (SSSR count). The van der Waals surface area contributed by atoms with Gasteiger partial charge in [-0.3, -0.25) is 9.69 Å². The van der Waals surface area contributed by atoms with Gasteiger partial charge in [0.25, 0.3) is 5.91 Å². The van der Waals surface area contributed by atoms with Gasteiger partial charge >= 0.3 is 0 Å². The van der Waals surface area contributed by atoms with E-state index in [1.54, 1.807) is 31.4 Å². The SMILES string of the molecule is CCN(CC)C(CNC(=O)c1ccc(OC)cc1)c1ccccc1. The zero-order valence-electron chi connectivity index (χ0n) is 14.7. The van der Waals surface area contributed by atoms with E-state index >= 15 is 0 Å². The zero-order valence-corrected chi connectivity index (χ0v) is 14.7. The third-order valence-electron chi connectivity index (χ3n) is 4.25. The van der Waals surface area contributed by atoms with E-state index in [4.69, 9.17) is 4.74 Å². The summed E-state index contributed by atoms with van der Waals surface area (Å²) < 4.78 is 5.13. The van der Waals surface area contributed by atoms with E-state index in [0.29, 0.717) is 12.1 Å². The molecule has 0 aromatic heterocycles. The van der Waals surface area contributed by atoms with Crippen LogP contribution in [0.5, 0.6) is 5.75 Å². The molecule has 0 aliphatic heterocycles. The van der Waals surface area contributed by atoms with Gasteiger partial charge < -0.3 is 10.1 Å². The number of methoxy groups -OCH3 is 1. The van der Waals surface area contributed by atoms with Gasteiger partial charge in [0.1, 0.15) is 5.75 Å². The number of carbonyl (C=O) groups is 1. The van der Waals surface area contributed by atoms with Crippen LogP contribution in [-0.2, 0) is 0 Å². The number of nitrogens with zero attached hydrogens (tertiary/aromatic N) is 1. The summed E-state index contributed by atoms with van der Waals surface area (Å²) in [5, 5.41) is 3.06. The number of rotatable bonds is 8. The van der Waals surface area contributed by atoms with Gasteiger partial charge in [0, 0.05) is 12.1 Å². The van der Waals surface area contributed by atoms with Crippen LogP contribution in [0.15, 0.2) is 54.6 Å². The Kier molecular flexibility index (Phi) is 6.82. The molecule has 1 N–H and O–H groups in total. The average Bonchev–Trinajstić information content (AvgIpc) is 2.65. The molecule has 0 heterocycles. The van der Waals surface area contributed by atoms with Gasteiger partial charge in [-0.05, 0) is 42.9 Å². The highest BCUT2D eigenvalue weighted by Gasteiger charge is 2.18. The average molecular weight is 326 g/mol. The quantitative estimate of drug-likeness (QED) is 0.807. The molecule has 0 aliphatic carbocycles. The Morgan fingerprint density at radius 3 is 2.21 bits per heavy atom. The first-order valence-electron chi connectivity index (χ1n) is 8.40. The minimum absolute atomic E-state index is 0.0641. The smallest absolute Gasteiger partial charge is 0.251 e. The number of likely N-dealkylation sites (N-methyl/N-ethyl adjacent to an activating group) is 1. The molecule has 0 spiro atoms. The van der Waals surface area contributed by atoms with Crippen LogP contribution in [-0.4, -0.2) is 37.6 Å². The molecule has 1 unspecified atom stereocenters. The number of hydrogen-bond donors (Lipinski definition) is 1. The summed E-state index contributed by atoms with van der Waals surface area (Å²) in [5.41, 5.74) is 1.86. The molecule has 1 amide bonds. The van der Waals surface area contributed by atoms with E-state index in [-0.39, 0.29) is 11.9 Å². The van der Waals surface area contributed by atoms with Crippen LogP contribution >= 0.6 is 0 Å². The summed E-state index contributed by atoms with van der Waals surface area (Å²) in [6, 6.07) is 17.6. The molecule has 0 fully saturated rings. The molecule has 2 aromatic rings. The topological polar surface area (TPSA) is 41.6 Å². The molecule has 0 aliphatic rings. The lowest BCUT2D eigenvalue weighted by atomic mass is 10.0. The number of hydrogen-bond acceptors (Lipinski definition) is 3. The fourth-order valence-corrected chi connectivity index (χ4v) is 2.83. The molecule has 0 radical (unpaired) electrons. The normalized spacial score (nSPS) is 12.0. The Morgan fingerprint density at radius 1 is 1.04 bits per heavy atom. The molecule has 128 valence electrons. The lowest BCUT2D eigenvalue weighted by Crippen LogP contribution is -2.38. The summed E-state index contributed by atoms with van der Waals surface area (Å²) in [7, 11) is 1.61. The monoisotopic (exact) mass is 326 g/mol. The van der Waals surface area contributed by atoms with Crippen LogP contribution in [0.4, 0.5) is 0 Å². The van der Waals surface area contributed by atoms with Crippen LogP contribution in [0.2, 0.25) is 0 Å². The van der Waals surface area contributed by atoms with Crippen molar-refractivity contribution < 1.29 is 9.53 Å². The van der Waals surface area contributed by atoms with Crippen molar-refractivity contribution in [3.63, 3.8) is 0 Å². The van der Waals surface area contributed by atoms with Crippen molar-refractivity contribution in [2.24, 2.45) is 0 Å². The van der Waals surface area contributed by atoms with Gasteiger partial charge in [0.2, 0.25) is 0 Å². The van der Waals surface area contributed by atoms with Gasteiger partial charge in [-0.1, -0.05) is 44.2 Å². The molecule has 0 bridgehead atoms. The molecule has 4 nitrogen and oxygen atoms in total. The van der Waals surface area contributed by atoms with Gasteiger partial charge in [-0.25, -0.2) is 0 Å². The largest absolute Gasteiger partial charge is 0.497 e. The highest BCUT2D eigenvalue weighted by molar-refractivity contribution is 5.94. The van der Waals surface area contributed by atoms with E-state index in [1.807, 2.05) is 18.2 Å². The maximum absolute atomic E-state index is 12.4. The van der Waals surface area contributed by atoms with Crippen molar-refractivity contribution in [3.05, 3.63) is 65.7 Å². The summed E-state index contributed by atoms with van der Waals surface area (Å²) >= 11 is 0. The van der Waals surface area contributed by atoms with Crippen molar-refractivity contribution in [1.29, 1.82) is 0 Å². The lowest BCUT2D eigenvalue weighted by molar-refractivity contribution is 0.0935. The minimum Gasteiger partial charge on any atom is -0.497 e. The first-order chi connectivity index (χ1) is 11.7. The highest BCUT2D eigenvalue weighted by atomic mass is 16.5. The second-order valence-corrected chi connectivity index (χ2v) is 5.59. The van der Waals surface area contributed by atoms with E-state index in [9.17, 15) is 4.79 Å². The van der Waals surface area contributed by atoms with Gasteiger partial charge in [0.05, 0.1) is 13.2 Å². The molecular weight excluding hydrogens is 300 g/mol. The first kappa shape index (κ1) is 18.0. The van der Waals surface area contributed by atoms with Crippen LogP contribution in [0.1, 0.15) is 35.8 Å². The standard InChI is InChI=1S/C20H26N2O2/c1-4-22(5-2)19(16-9-7-6-8-10-16)15-21-20(23)17-11-13-18(24-3)14-12-17/h6-14,19H,4-5,15H2,1-3H3,(H,21,23). The molecule has 0 saturated carbocycles. The number of carbonyl (C=O) groups excluding carboxylic acids is 1. The Balaban J connectivity index is 2.07. The fourth-order valence-electron chi connectivity index (χ4n) is 2.83. The third kappa shape index (κ3) is 4.59. The Hall–Kier alpha value is -2.33. The number of nitrogens with one attached hydrogen (secondary N) is 1. The Morgan fingerprint density at radius 2 is 1.67 bits per heavy atom. The number of benzene rings is 2. The fraction of sp³-hybridized carbons (Fsp3) is 0.350. The minimum atomic E-state index is -0.0641. The zero-order chi connectivity index (χ0) is 17.4. The molecule has 4 heteroatoms. The van der Waals surface area contributed by atoms with Gasteiger partial charge in [-0.2, -0.15) is 0 Å². The van der Waals surface area contributed by atoms with Crippen molar-refractivity contribution in [3.8, 4) is 5.75 Å². The van der Waals surface area contributed by atoms with E-state index in [0.717, 1.165) is 18.8 Å². The molecule has 2 aromatic carbocycles. The van der Waals surface area contributed by atoms with E-state index in [1.165, 1.54) is 5.56 Å². The van der Waals surface area contributed by atoms with E-state index in [2.05, 4.69) is 36.2 Å². The van der Waals surface area contributed by atoms with Gasteiger partial charge in [0.15, 0.2) is 0 Å². The van der Waals surface area contributed by atoms with Crippen molar-refractivity contribution in [1.82, 2.24) is 10.2 Å². The first-order valence-corrected chi connectivity index (χ1v) is 8.40. The van der Waals surface area contributed by atoms with Crippen molar-refractivity contribution in [2.45, 2.75) is 19.9 Å². The van der Waals surface area contributed by atoms with Crippen LogP contribution in [0, 0.1) is 0 Å². The lowest BCUT2D eigenvalue weighted by Gasteiger charge is -2.30. The van der Waals surface area contributed by atoms with Crippen molar-refractivity contribution >= 4 is 5.91 Å². The third-order valence-corrected chi connectivity index (χ3v) is 4.25. The molecule has 0 saturated heterocycles. The summed E-state index contributed by atoms with van der Waals surface area (Å²) in [6.07, 6.45) is 0. The summed E-state index contributed by atoms with van der Waals surface area (Å²) in [5.74, 6) is 0.683. The molecule has 1 atom stereocenters. The van der Waals surface area contributed by atoms with E-state index < -0.39 is 0 Å². The predicted molar refractivity (Wildman–Crippen MR) is 97.4 cm³/mol. The molecular formula is C20H26N2O2. The predicted octanol–water partition coefficient (Wildman–Crippen LogP) is 3.51. The maximum atomic E-state index is 12.4. The Bertz CT molecular complexity index is 622. The second-order valence-electron chi connectivity index (χ2n) is 5.59. The molecule has 24 heavy (non-hydrogen) atoms. The highest BCUT2D eigenvalue weighted by Crippen LogP contribution is 2.20.